The van der Waals surface area contributed by atoms with E-state index >= 15 is 4.79 Å². The first-order valence-electron chi connectivity index (χ1n) is 20.9. The van der Waals surface area contributed by atoms with Gasteiger partial charge >= 0.3 is 11.9 Å². The third-order valence-corrected chi connectivity index (χ3v) is 15.1. The lowest BCUT2D eigenvalue weighted by Gasteiger charge is -2.62. The zero-order valence-corrected chi connectivity index (χ0v) is 36.2. The van der Waals surface area contributed by atoms with Gasteiger partial charge in [0, 0.05) is 53.6 Å². The van der Waals surface area contributed by atoms with Gasteiger partial charge in [-0.25, -0.2) is 4.79 Å². The number of nitrogens with zero attached hydrogens (tertiary/aromatic N) is 3. The minimum absolute atomic E-state index is 0.0524. The highest BCUT2D eigenvalue weighted by Crippen LogP contribution is 2.64. The second kappa shape index (κ2) is 15.3. The number of aromatic hydroxyl groups is 1. The van der Waals surface area contributed by atoms with E-state index in [0.717, 1.165) is 33.4 Å². The Balaban J connectivity index is 1.18. The zero-order chi connectivity index (χ0) is 43.2. The van der Waals surface area contributed by atoms with Crippen molar-refractivity contribution >= 4 is 23.7 Å². The molecule has 62 heavy (non-hydrogen) atoms. The van der Waals surface area contributed by atoms with Crippen molar-refractivity contribution in [2.75, 3.05) is 47.0 Å². The van der Waals surface area contributed by atoms with Crippen molar-refractivity contribution in [1.82, 2.24) is 15.1 Å². The lowest BCUT2D eigenvalue weighted by molar-refractivity contribution is -0.157. The number of methoxy groups -OCH3 is 2. The summed E-state index contributed by atoms with van der Waals surface area (Å²) in [6, 6.07) is 15.7. The largest absolute Gasteiger partial charge is 0.504 e. The van der Waals surface area contributed by atoms with Gasteiger partial charge in [-0.2, -0.15) is 5.26 Å². The van der Waals surface area contributed by atoms with Crippen molar-refractivity contribution < 1.29 is 47.9 Å². The number of piperazine rings is 1. The molecular weight excluding hydrogens is 813 g/mol. The lowest BCUT2D eigenvalue weighted by Crippen LogP contribution is -2.69. The molecule has 7 heterocycles. The van der Waals surface area contributed by atoms with Crippen LogP contribution in [0.15, 0.2) is 48.5 Å². The zero-order valence-electron chi connectivity index (χ0n) is 35.4. The van der Waals surface area contributed by atoms with Crippen LogP contribution < -0.4 is 33.7 Å². The Morgan fingerprint density at radius 1 is 1.02 bits per heavy atom. The number of fused-ring (bicyclic) bond motifs is 9. The molecule has 0 aromatic heterocycles. The van der Waals surface area contributed by atoms with Crippen molar-refractivity contribution in [3.63, 3.8) is 0 Å². The van der Waals surface area contributed by atoms with Crippen LogP contribution in [0.2, 0.25) is 0 Å². The van der Waals surface area contributed by atoms with E-state index in [2.05, 4.69) is 27.3 Å². The number of esters is 2. The normalized spacial score (nSPS) is 26.9. The molecule has 0 radical (unpaired) electrons. The molecule has 0 saturated carbocycles. The molecule has 4 aromatic carbocycles. The second-order valence-electron chi connectivity index (χ2n) is 16.8. The molecule has 7 aliphatic heterocycles. The van der Waals surface area contributed by atoms with Gasteiger partial charge in [0.2, 0.25) is 6.79 Å². The highest BCUT2D eigenvalue weighted by Gasteiger charge is 2.62. The summed E-state index contributed by atoms with van der Waals surface area (Å²) >= 11 is 1.52. The number of hydrogen-bond donors (Lipinski definition) is 2. The van der Waals surface area contributed by atoms with Crippen LogP contribution in [0, 0.1) is 25.2 Å². The van der Waals surface area contributed by atoms with Crippen molar-refractivity contribution in [3.8, 4) is 46.3 Å². The van der Waals surface area contributed by atoms with E-state index in [1.165, 1.54) is 18.7 Å². The van der Waals surface area contributed by atoms with Crippen molar-refractivity contribution in [3.05, 3.63) is 98.6 Å². The summed E-state index contributed by atoms with van der Waals surface area (Å²) in [5.41, 5.74) is 5.73. The van der Waals surface area contributed by atoms with Crippen LogP contribution >= 0.6 is 11.8 Å². The summed E-state index contributed by atoms with van der Waals surface area (Å²) in [6.07, 6.45) is 1.12. The molecular formula is C47H48N4O10S. The number of hydrogen-bond acceptors (Lipinski definition) is 15. The van der Waals surface area contributed by atoms with E-state index in [1.807, 2.05) is 63.4 Å². The molecule has 2 fully saturated rings. The van der Waals surface area contributed by atoms with Gasteiger partial charge in [-0.1, -0.05) is 36.4 Å². The molecule has 7 atom stereocenters. The first kappa shape index (κ1) is 40.4. The van der Waals surface area contributed by atoms with Gasteiger partial charge in [0.25, 0.3) is 0 Å². The summed E-state index contributed by atoms with van der Waals surface area (Å²) in [5.74, 6) is 1.94. The molecule has 0 amide bonds. The number of carbonyl (C=O) groups is 2. The topological polar surface area (TPSA) is 161 Å². The number of ether oxygens (including phenoxy) is 7. The monoisotopic (exact) mass is 860 g/mol. The minimum Gasteiger partial charge on any atom is -0.504 e. The number of nitriles is 1. The third-order valence-electron chi connectivity index (χ3n) is 13.7. The highest BCUT2D eigenvalue weighted by atomic mass is 32.2. The highest BCUT2D eigenvalue weighted by molar-refractivity contribution is 7.99. The van der Waals surface area contributed by atoms with E-state index < -0.39 is 46.9 Å². The molecule has 11 rings (SSSR count). The van der Waals surface area contributed by atoms with Crippen molar-refractivity contribution in [1.29, 1.82) is 5.26 Å². The van der Waals surface area contributed by atoms with Crippen LogP contribution in [0.1, 0.15) is 74.3 Å². The maximum Gasteiger partial charge on any atom is 0.331 e. The number of benzene rings is 4. The quantitative estimate of drug-likeness (QED) is 0.175. The van der Waals surface area contributed by atoms with Gasteiger partial charge in [-0.3, -0.25) is 19.9 Å². The van der Waals surface area contributed by atoms with Crippen LogP contribution in [0.5, 0.6) is 40.2 Å². The Labute approximate surface area is 363 Å². The molecule has 0 aliphatic carbocycles. The Morgan fingerprint density at radius 3 is 2.55 bits per heavy atom. The first-order valence-corrected chi connectivity index (χ1v) is 21.9. The molecule has 14 nitrogen and oxygen atoms in total. The molecule has 1 unspecified atom stereocenters. The summed E-state index contributed by atoms with van der Waals surface area (Å²) in [5, 5.41) is 26.4. The number of phenols is 1. The average Bonchev–Trinajstić information content (AvgIpc) is 3.76. The molecule has 2 N–H and O–H groups in total. The maximum absolute atomic E-state index is 15.1. The fraction of sp³-hybridized carbons (Fsp3) is 0.426. The predicted octanol–water partition coefficient (Wildman–Crippen LogP) is 5.86. The minimum atomic E-state index is -1.34. The predicted molar refractivity (Wildman–Crippen MR) is 227 cm³/mol. The maximum atomic E-state index is 15.1. The number of carbonyl (C=O) groups excluding carboxylic acids is 2. The van der Waals surface area contributed by atoms with Gasteiger partial charge in [0.15, 0.2) is 40.0 Å². The van der Waals surface area contributed by atoms with Gasteiger partial charge in [0.05, 0.1) is 37.6 Å². The number of aryl methyl sites for hydroxylation is 1. The van der Waals surface area contributed by atoms with Gasteiger partial charge < -0.3 is 38.3 Å². The van der Waals surface area contributed by atoms with Crippen LogP contribution in [-0.2, 0) is 39.3 Å². The summed E-state index contributed by atoms with van der Waals surface area (Å²) in [7, 11) is 5.14. The van der Waals surface area contributed by atoms with E-state index in [9.17, 15) is 15.2 Å². The Morgan fingerprint density at radius 2 is 1.81 bits per heavy atom. The molecule has 7 aliphatic rings. The molecule has 1 spiro atoms. The van der Waals surface area contributed by atoms with Crippen LogP contribution in [0.4, 0.5) is 0 Å². The molecule has 15 heteroatoms. The van der Waals surface area contributed by atoms with Gasteiger partial charge in [0.1, 0.15) is 25.0 Å². The number of phenolic OH excluding ortho intramolecular Hbond substituents is 1. The van der Waals surface area contributed by atoms with Crippen LogP contribution in [0.3, 0.4) is 0 Å². The molecule has 4 aromatic rings. The number of rotatable bonds is 6. The Bertz CT molecular complexity index is 2560. The van der Waals surface area contributed by atoms with Gasteiger partial charge in [-0.15, -0.1) is 11.8 Å². The summed E-state index contributed by atoms with van der Waals surface area (Å²) in [4.78, 5) is 32.5. The van der Waals surface area contributed by atoms with E-state index in [4.69, 9.17) is 33.2 Å². The molecule has 322 valence electrons. The smallest absolute Gasteiger partial charge is 0.331 e. The Kier molecular flexibility index (Phi) is 9.97. The van der Waals surface area contributed by atoms with Crippen molar-refractivity contribution in [2.24, 2.45) is 0 Å². The molecule has 4 bridgehead atoms. The Hall–Kier alpha value is -5.66. The number of nitrogens with one attached hydrogen (secondary N) is 1. The number of likely N-dealkylation sites (N-methyl/N-ethyl adjacent to an activating group) is 1. The van der Waals surface area contributed by atoms with E-state index in [-0.39, 0.29) is 30.9 Å². The first-order chi connectivity index (χ1) is 30.0. The summed E-state index contributed by atoms with van der Waals surface area (Å²) < 4.78 is 43.2. The van der Waals surface area contributed by atoms with E-state index in [1.54, 1.807) is 14.2 Å². The molecule has 2 saturated heterocycles. The third kappa shape index (κ3) is 5.94. The number of thioether (sulfide) groups is 1. The summed E-state index contributed by atoms with van der Waals surface area (Å²) in [6.45, 7) is 5.72. The average molecular weight is 861 g/mol. The SMILES string of the molecule is COc1cc2c(cc1OCc1ccccc1)CCN[C@]21CS[C@@H]2c3c(OC(C)=O)c(C)c4c(c3[C@@H](COC1=O)N1C2[C@@H]2c3c(cc(C)c(OC)c3O)C[C@H]([C@@H]1C#N)N2C)OCO4. The van der Waals surface area contributed by atoms with Gasteiger partial charge in [-0.05, 0) is 73.7 Å². The van der Waals surface area contributed by atoms with Crippen LogP contribution in [-0.4, -0.2) is 91.9 Å². The second-order valence-corrected chi connectivity index (χ2v) is 18.0. The fourth-order valence-corrected chi connectivity index (χ4v) is 12.7. The van der Waals surface area contributed by atoms with E-state index in [0.29, 0.717) is 77.2 Å². The fourth-order valence-electron chi connectivity index (χ4n) is 11.0. The van der Waals surface area contributed by atoms with Crippen LogP contribution in [0.25, 0.3) is 0 Å². The lowest BCUT2D eigenvalue weighted by atomic mass is 9.71. The van der Waals surface area contributed by atoms with Crippen molar-refractivity contribution in [2.45, 2.75) is 81.2 Å². The standard InChI is InChI=1S/C47H48N4O10S/c1-23-14-28-15-30-31(18-48)51-32-20-58-46(54)47(29-17-33(55-5)34(16-27(29)12-13-49-47)57-19-26-10-8-7-9-11-26)21-62-45(39(51)38(50(30)4)35(28)40(53)41(23)56-6)37-36(32)44-43(59-22-60-44)24(2)42(37)61-25(3)52/h7-11,14,16-17,30-32,38-39,45,49,53H,12-13,15,19-22H2,1-6H3/t30-,31+,32-,38+,39?,45-,47-/m1/s1.